The molecule has 8 heteroatoms. The van der Waals surface area contributed by atoms with Crippen molar-refractivity contribution < 1.29 is 19.1 Å². The monoisotopic (exact) mass is 511 g/mol. The van der Waals surface area contributed by atoms with Crippen LogP contribution < -0.4 is 5.32 Å². The van der Waals surface area contributed by atoms with Gasteiger partial charge in [-0.15, -0.1) is 0 Å². The maximum absolute atomic E-state index is 13.7. The fourth-order valence-electron chi connectivity index (χ4n) is 3.97. The molecule has 182 valence electrons. The molecule has 2 aromatic heterocycles. The van der Waals surface area contributed by atoms with Crippen molar-refractivity contribution in [3.8, 4) is 0 Å². The number of amides is 1. The molecule has 0 fully saturated rings. The third-order valence-electron chi connectivity index (χ3n) is 5.69. The second kappa shape index (κ2) is 10.1. The van der Waals surface area contributed by atoms with Crippen molar-refractivity contribution >= 4 is 69.2 Å². The number of carbonyl (C=O) groups excluding carboxylic acids is 1. The average molecular weight is 512 g/mol. The van der Waals surface area contributed by atoms with Crippen LogP contribution in [0.2, 0.25) is 5.02 Å². The van der Waals surface area contributed by atoms with Gasteiger partial charge in [-0.2, -0.15) is 0 Å². The number of nitrogens with one attached hydrogen (secondary N) is 2. The van der Waals surface area contributed by atoms with Crippen molar-refractivity contribution in [3.63, 3.8) is 0 Å². The highest BCUT2D eigenvalue weighted by Crippen LogP contribution is 2.25. The Morgan fingerprint density at radius 3 is 2.65 bits per heavy atom. The zero-order chi connectivity index (χ0) is 25.9. The minimum absolute atomic E-state index is 0.124. The number of carbonyl (C=O) groups is 2. The Labute approximate surface area is 215 Å². The average Bonchev–Trinajstić information content (AvgIpc) is 3.24. The van der Waals surface area contributed by atoms with Crippen LogP contribution in [0.3, 0.4) is 0 Å². The summed E-state index contributed by atoms with van der Waals surface area (Å²) in [5, 5.41) is 14.2. The molecule has 1 amide bonds. The summed E-state index contributed by atoms with van der Waals surface area (Å²) in [7, 11) is 0. The van der Waals surface area contributed by atoms with Crippen molar-refractivity contribution in [1.29, 1.82) is 0 Å². The molecule has 0 saturated heterocycles. The van der Waals surface area contributed by atoms with Crippen molar-refractivity contribution in [3.05, 3.63) is 112 Å². The molecule has 0 radical (unpaired) electrons. The van der Waals surface area contributed by atoms with Gasteiger partial charge in [-0.1, -0.05) is 41.9 Å². The number of hydrogen-bond acceptors (Lipinski definition) is 3. The first kappa shape index (κ1) is 24.0. The number of aromatic carboxylic acids is 1. The molecule has 0 aliphatic carbocycles. The van der Waals surface area contributed by atoms with Gasteiger partial charge in [0.25, 0.3) is 0 Å². The summed E-state index contributed by atoms with van der Waals surface area (Å²) < 4.78 is 13.7. The highest BCUT2D eigenvalue weighted by atomic mass is 35.5. The third-order valence-corrected chi connectivity index (χ3v) is 5.93. The van der Waals surface area contributed by atoms with Crippen LogP contribution in [0.15, 0.2) is 78.9 Å². The van der Waals surface area contributed by atoms with E-state index in [1.54, 1.807) is 18.2 Å². The number of anilines is 1. The molecule has 0 unspecified atom stereocenters. The highest BCUT2D eigenvalue weighted by molar-refractivity contribution is 6.31. The molecular formula is C29H19ClFN3O3. The number of aromatic amines is 1. The number of rotatable bonds is 6. The lowest BCUT2D eigenvalue weighted by Gasteiger charge is -2.04. The number of halogens is 2. The Morgan fingerprint density at radius 1 is 0.973 bits per heavy atom. The minimum Gasteiger partial charge on any atom is -0.477 e. The molecule has 5 aromatic rings. The summed E-state index contributed by atoms with van der Waals surface area (Å²) in [4.78, 5) is 31.5. The van der Waals surface area contributed by atoms with E-state index in [9.17, 15) is 19.1 Å². The van der Waals surface area contributed by atoms with Gasteiger partial charge in [0.1, 0.15) is 11.5 Å². The molecule has 0 atom stereocenters. The van der Waals surface area contributed by atoms with Gasteiger partial charge >= 0.3 is 5.97 Å². The van der Waals surface area contributed by atoms with Crippen LogP contribution in [-0.4, -0.2) is 27.0 Å². The third kappa shape index (κ3) is 5.42. The Bertz CT molecular complexity index is 1740. The molecule has 0 spiro atoms. The number of H-pyrrole nitrogens is 1. The van der Waals surface area contributed by atoms with E-state index in [1.165, 1.54) is 30.4 Å². The molecule has 0 aliphatic rings. The number of nitrogens with zero attached hydrogens (tertiary/aromatic N) is 1. The first-order valence-corrected chi connectivity index (χ1v) is 11.6. The maximum atomic E-state index is 13.7. The number of carboxylic acids is 1. The quantitative estimate of drug-likeness (QED) is 0.213. The largest absolute Gasteiger partial charge is 0.477 e. The van der Waals surface area contributed by atoms with E-state index in [0.29, 0.717) is 21.6 Å². The normalized spacial score (nSPS) is 11.6. The topological polar surface area (TPSA) is 95.1 Å². The van der Waals surface area contributed by atoms with E-state index < -0.39 is 17.7 Å². The van der Waals surface area contributed by atoms with E-state index in [-0.39, 0.29) is 11.3 Å². The van der Waals surface area contributed by atoms with Gasteiger partial charge in [-0.25, -0.2) is 14.2 Å². The maximum Gasteiger partial charge on any atom is 0.352 e. The predicted molar refractivity (Wildman–Crippen MR) is 145 cm³/mol. The number of fused-ring (bicyclic) bond motifs is 2. The zero-order valence-corrected chi connectivity index (χ0v) is 20.0. The van der Waals surface area contributed by atoms with E-state index >= 15 is 0 Å². The van der Waals surface area contributed by atoms with Crippen LogP contribution in [-0.2, 0) is 4.79 Å². The van der Waals surface area contributed by atoms with Gasteiger partial charge < -0.3 is 15.4 Å². The van der Waals surface area contributed by atoms with Crippen LogP contribution >= 0.6 is 11.6 Å². The predicted octanol–water partition coefficient (Wildman–Crippen LogP) is 7.03. The van der Waals surface area contributed by atoms with Crippen molar-refractivity contribution in [2.75, 3.05) is 5.32 Å². The second-order valence-corrected chi connectivity index (χ2v) is 8.70. The minimum atomic E-state index is -1.21. The van der Waals surface area contributed by atoms with Gasteiger partial charge in [0.15, 0.2) is 0 Å². The summed E-state index contributed by atoms with van der Waals surface area (Å²) in [6, 6.07) is 20.6. The molecule has 5 rings (SSSR count). The van der Waals surface area contributed by atoms with Crippen LogP contribution in [0, 0.1) is 5.82 Å². The van der Waals surface area contributed by atoms with Gasteiger partial charge in [-0.3, -0.25) is 4.79 Å². The molecule has 37 heavy (non-hydrogen) atoms. The summed E-state index contributed by atoms with van der Waals surface area (Å²) in [5.41, 5.74) is 3.51. The van der Waals surface area contributed by atoms with Crippen LogP contribution in [0.4, 0.5) is 10.1 Å². The van der Waals surface area contributed by atoms with E-state index in [2.05, 4.69) is 15.3 Å². The number of pyridine rings is 1. The van der Waals surface area contributed by atoms with E-state index in [1.807, 2.05) is 48.6 Å². The smallest absolute Gasteiger partial charge is 0.352 e. The Balaban J connectivity index is 1.32. The molecule has 0 aliphatic heterocycles. The van der Waals surface area contributed by atoms with Crippen molar-refractivity contribution in [2.45, 2.75) is 0 Å². The SMILES string of the molecule is O=C(/C=C/c1c(C(=O)O)[nH]c2ccc(F)cc12)Nc1cccc(/C=C/c2ccc3ccc(Cl)cc3n2)c1. The van der Waals surface area contributed by atoms with E-state index in [4.69, 9.17) is 11.6 Å². The molecule has 0 bridgehead atoms. The summed E-state index contributed by atoms with van der Waals surface area (Å²) in [6.07, 6.45) is 6.32. The van der Waals surface area contributed by atoms with Crippen molar-refractivity contribution in [2.24, 2.45) is 0 Å². The zero-order valence-electron chi connectivity index (χ0n) is 19.2. The van der Waals surface area contributed by atoms with Crippen molar-refractivity contribution in [1.82, 2.24) is 9.97 Å². The molecule has 3 N–H and O–H groups in total. The molecule has 6 nitrogen and oxygen atoms in total. The van der Waals surface area contributed by atoms with Gasteiger partial charge in [0, 0.05) is 38.6 Å². The van der Waals surface area contributed by atoms with Gasteiger partial charge in [-0.05, 0) is 66.2 Å². The Kier molecular flexibility index (Phi) is 6.53. The standard InChI is InChI=1S/C29H19ClFN3O3/c30-19-7-5-18-6-10-21(32-26(18)15-19)9-4-17-2-1-3-22(14-17)33-27(35)13-11-23-24-16-20(31)8-12-25(24)34-28(23)29(36)37/h1-16,34H,(H,33,35)(H,36,37)/b9-4+,13-11+. The van der Waals surface area contributed by atoms with Gasteiger partial charge in [0.2, 0.25) is 5.91 Å². The number of aromatic nitrogens is 2. The van der Waals surface area contributed by atoms with Gasteiger partial charge in [0.05, 0.1) is 11.2 Å². The Hall–Kier alpha value is -4.75. The van der Waals surface area contributed by atoms with Crippen LogP contribution in [0.5, 0.6) is 0 Å². The summed E-state index contributed by atoms with van der Waals surface area (Å²) in [5.74, 6) is -2.17. The lowest BCUT2D eigenvalue weighted by molar-refractivity contribution is -0.111. The number of benzene rings is 3. The van der Waals surface area contributed by atoms with Crippen LogP contribution in [0.25, 0.3) is 40.0 Å². The lowest BCUT2D eigenvalue weighted by Crippen LogP contribution is -2.08. The number of hydrogen-bond donors (Lipinski definition) is 3. The summed E-state index contributed by atoms with van der Waals surface area (Å²) >= 11 is 6.07. The fraction of sp³-hybridized carbons (Fsp3) is 0. The summed E-state index contributed by atoms with van der Waals surface area (Å²) in [6.45, 7) is 0. The first-order valence-electron chi connectivity index (χ1n) is 11.2. The van der Waals surface area contributed by atoms with Crippen LogP contribution in [0.1, 0.15) is 27.3 Å². The Morgan fingerprint density at radius 2 is 1.81 bits per heavy atom. The molecule has 2 heterocycles. The lowest BCUT2D eigenvalue weighted by atomic mass is 10.1. The fourth-order valence-corrected chi connectivity index (χ4v) is 4.14. The second-order valence-electron chi connectivity index (χ2n) is 8.26. The highest BCUT2D eigenvalue weighted by Gasteiger charge is 2.16. The first-order chi connectivity index (χ1) is 17.9. The molecule has 0 saturated carbocycles. The molecular weight excluding hydrogens is 493 g/mol. The molecule has 3 aromatic carbocycles. The van der Waals surface area contributed by atoms with E-state index in [0.717, 1.165) is 22.2 Å². The number of carboxylic acid groups (broad SMARTS) is 1.